The van der Waals surface area contributed by atoms with E-state index in [9.17, 15) is 9.18 Å². The van der Waals surface area contributed by atoms with Gasteiger partial charge < -0.3 is 9.47 Å². The lowest BCUT2D eigenvalue weighted by Crippen LogP contribution is -2.12. The summed E-state index contributed by atoms with van der Waals surface area (Å²) < 4.78 is 22.7. The predicted octanol–water partition coefficient (Wildman–Crippen LogP) is 2.77. The Kier molecular flexibility index (Phi) is 5.03. The molecule has 0 spiro atoms. The number of thiocarbonyl (C=S) groups is 1. The molecule has 0 aliphatic heterocycles. The number of nitrogens with zero attached hydrogens (tertiary/aromatic N) is 1. The quantitative estimate of drug-likeness (QED) is 0.482. The zero-order valence-corrected chi connectivity index (χ0v) is 10.3. The van der Waals surface area contributed by atoms with E-state index >= 15 is 0 Å². The number of halogens is 2. The zero-order chi connectivity index (χ0) is 12.8. The van der Waals surface area contributed by atoms with Crippen LogP contribution in [0.25, 0.3) is 0 Å². The lowest BCUT2D eigenvalue weighted by atomic mass is 10.3. The Morgan fingerprint density at radius 1 is 1.65 bits per heavy atom. The van der Waals surface area contributed by atoms with Gasteiger partial charge in [0.25, 0.3) is 0 Å². The molecule has 0 aliphatic rings. The van der Waals surface area contributed by atoms with Crippen LogP contribution in [0.3, 0.4) is 0 Å². The Bertz CT molecular complexity index is 489. The summed E-state index contributed by atoms with van der Waals surface area (Å²) in [5.41, 5.74) is -0.0655. The number of esters is 1. The molecule has 90 valence electrons. The van der Waals surface area contributed by atoms with Crippen LogP contribution in [0.2, 0.25) is 5.02 Å². The smallest absolute Gasteiger partial charge is 0.343 e. The summed E-state index contributed by atoms with van der Waals surface area (Å²) in [6.07, 6.45) is 0. The minimum atomic E-state index is -0.655. The Hall–Kier alpha value is -1.49. The van der Waals surface area contributed by atoms with Gasteiger partial charge in [-0.05, 0) is 18.3 Å². The number of carbonyl (C=O) groups excluding carboxylic acids is 1. The SMILES string of the molecule is COC(=O)COc1cc(N=C=S)c(F)cc1Cl. The highest BCUT2D eigenvalue weighted by atomic mass is 35.5. The third-order valence-corrected chi connectivity index (χ3v) is 2.13. The van der Waals surface area contributed by atoms with Gasteiger partial charge in [-0.2, -0.15) is 4.99 Å². The molecule has 1 rings (SSSR count). The van der Waals surface area contributed by atoms with Gasteiger partial charge in [0.05, 0.1) is 17.3 Å². The lowest BCUT2D eigenvalue weighted by Gasteiger charge is -2.07. The van der Waals surface area contributed by atoms with Crippen molar-refractivity contribution in [1.29, 1.82) is 0 Å². The Morgan fingerprint density at radius 2 is 2.35 bits per heavy atom. The molecule has 0 fully saturated rings. The molecule has 7 heteroatoms. The zero-order valence-electron chi connectivity index (χ0n) is 8.70. The van der Waals surface area contributed by atoms with Crippen molar-refractivity contribution >= 4 is 40.6 Å². The van der Waals surface area contributed by atoms with Crippen LogP contribution in [0.15, 0.2) is 17.1 Å². The van der Waals surface area contributed by atoms with Crippen LogP contribution >= 0.6 is 23.8 Å². The molecule has 0 aromatic heterocycles. The monoisotopic (exact) mass is 275 g/mol. The van der Waals surface area contributed by atoms with Crippen molar-refractivity contribution in [3.63, 3.8) is 0 Å². The van der Waals surface area contributed by atoms with Gasteiger partial charge in [-0.15, -0.1) is 0 Å². The standard InChI is InChI=1S/C10H7ClFNO3S/c1-15-10(14)4-16-9-3-8(13-5-17)7(12)2-6(9)11/h2-3H,4H2,1H3. The molecule has 0 saturated carbocycles. The summed E-state index contributed by atoms with van der Waals surface area (Å²) in [4.78, 5) is 14.3. The fourth-order valence-corrected chi connectivity index (χ4v) is 1.26. The van der Waals surface area contributed by atoms with Gasteiger partial charge in [0.2, 0.25) is 0 Å². The molecule has 0 atom stereocenters. The van der Waals surface area contributed by atoms with Gasteiger partial charge in [-0.1, -0.05) is 11.6 Å². The van der Waals surface area contributed by atoms with Crippen molar-refractivity contribution in [2.45, 2.75) is 0 Å². The average Bonchev–Trinajstić information content (AvgIpc) is 2.30. The van der Waals surface area contributed by atoms with Gasteiger partial charge in [0.15, 0.2) is 12.4 Å². The number of aliphatic imine (C=N–C) groups is 1. The minimum Gasteiger partial charge on any atom is -0.480 e. The summed E-state index contributed by atoms with van der Waals surface area (Å²) in [6, 6.07) is 2.24. The second-order valence-corrected chi connectivity index (χ2v) is 3.39. The molecule has 17 heavy (non-hydrogen) atoms. The first-order valence-electron chi connectivity index (χ1n) is 4.35. The predicted molar refractivity (Wildman–Crippen MR) is 63.6 cm³/mol. The molecular formula is C10H7ClFNO3S. The molecular weight excluding hydrogens is 269 g/mol. The van der Waals surface area contributed by atoms with E-state index in [1.54, 1.807) is 0 Å². The Labute approximate surface area is 107 Å². The van der Waals surface area contributed by atoms with Gasteiger partial charge in [0, 0.05) is 6.07 Å². The second kappa shape index (κ2) is 6.30. The normalized spacial score (nSPS) is 9.35. The van der Waals surface area contributed by atoms with E-state index in [2.05, 4.69) is 21.9 Å². The van der Waals surface area contributed by atoms with E-state index in [0.29, 0.717) is 0 Å². The number of hydrogen-bond donors (Lipinski definition) is 0. The van der Waals surface area contributed by atoms with E-state index in [4.69, 9.17) is 16.3 Å². The van der Waals surface area contributed by atoms with Crippen LogP contribution in [-0.2, 0) is 9.53 Å². The summed E-state index contributed by atoms with van der Waals surface area (Å²) in [5, 5.41) is 2.05. The molecule has 0 unspecified atom stereocenters. The summed E-state index contributed by atoms with van der Waals surface area (Å²) in [6.45, 7) is -0.331. The number of carbonyl (C=O) groups is 1. The number of rotatable bonds is 4. The first-order valence-corrected chi connectivity index (χ1v) is 5.13. The summed E-state index contributed by atoms with van der Waals surface area (Å²) in [5.74, 6) is -1.12. The van der Waals surface area contributed by atoms with Crippen molar-refractivity contribution < 1.29 is 18.7 Å². The lowest BCUT2D eigenvalue weighted by molar-refractivity contribution is -0.142. The molecule has 0 bridgehead atoms. The summed E-state index contributed by atoms with van der Waals surface area (Å²) >= 11 is 10.1. The number of benzene rings is 1. The largest absolute Gasteiger partial charge is 0.480 e. The van der Waals surface area contributed by atoms with Crippen LogP contribution in [0.4, 0.5) is 10.1 Å². The Morgan fingerprint density at radius 3 is 2.94 bits per heavy atom. The molecule has 0 saturated heterocycles. The summed E-state index contributed by atoms with van der Waals surface area (Å²) in [7, 11) is 1.22. The van der Waals surface area contributed by atoms with Gasteiger partial charge in [0.1, 0.15) is 11.4 Å². The highest BCUT2D eigenvalue weighted by Crippen LogP contribution is 2.31. The van der Waals surface area contributed by atoms with Crippen molar-refractivity contribution in [1.82, 2.24) is 0 Å². The van der Waals surface area contributed by atoms with Crippen LogP contribution in [0.1, 0.15) is 0 Å². The van der Waals surface area contributed by atoms with E-state index in [0.717, 1.165) is 6.07 Å². The van der Waals surface area contributed by atoms with Gasteiger partial charge in [-0.25, -0.2) is 9.18 Å². The minimum absolute atomic E-state index is 0.0229. The fraction of sp³-hybridized carbons (Fsp3) is 0.200. The third-order valence-electron chi connectivity index (χ3n) is 1.74. The highest BCUT2D eigenvalue weighted by molar-refractivity contribution is 7.78. The number of isothiocyanates is 1. The van der Waals surface area contributed by atoms with E-state index in [-0.39, 0.29) is 23.1 Å². The van der Waals surface area contributed by atoms with Crippen LogP contribution < -0.4 is 4.74 Å². The molecule has 1 aromatic carbocycles. The van der Waals surface area contributed by atoms with Crippen molar-refractivity contribution in [3.05, 3.63) is 23.0 Å². The fourth-order valence-electron chi connectivity index (χ4n) is 0.959. The maximum atomic E-state index is 13.3. The maximum absolute atomic E-state index is 13.3. The molecule has 0 amide bonds. The molecule has 0 N–H and O–H groups in total. The van der Waals surface area contributed by atoms with Crippen LogP contribution in [0.5, 0.6) is 5.75 Å². The first kappa shape index (κ1) is 13.6. The van der Waals surface area contributed by atoms with Crippen molar-refractivity contribution in [3.8, 4) is 5.75 Å². The Balaban J connectivity index is 2.95. The molecule has 0 heterocycles. The number of methoxy groups -OCH3 is 1. The first-order chi connectivity index (χ1) is 8.08. The van der Waals surface area contributed by atoms with Crippen molar-refractivity contribution in [2.75, 3.05) is 13.7 Å². The van der Waals surface area contributed by atoms with Crippen LogP contribution in [-0.4, -0.2) is 24.8 Å². The van der Waals surface area contributed by atoms with E-state index in [1.807, 2.05) is 5.16 Å². The second-order valence-electron chi connectivity index (χ2n) is 2.80. The highest BCUT2D eigenvalue weighted by Gasteiger charge is 2.10. The van der Waals surface area contributed by atoms with Crippen molar-refractivity contribution in [2.24, 2.45) is 4.99 Å². The topological polar surface area (TPSA) is 47.9 Å². The van der Waals surface area contributed by atoms with E-state index < -0.39 is 11.8 Å². The van der Waals surface area contributed by atoms with Gasteiger partial charge >= 0.3 is 5.97 Å². The number of hydrogen-bond acceptors (Lipinski definition) is 5. The molecule has 1 aromatic rings. The molecule has 0 radical (unpaired) electrons. The van der Waals surface area contributed by atoms with Crippen LogP contribution in [0, 0.1) is 5.82 Å². The maximum Gasteiger partial charge on any atom is 0.343 e. The van der Waals surface area contributed by atoms with E-state index in [1.165, 1.54) is 13.2 Å². The molecule has 0 aliphatic carbocycles. The average molecular weight is 276 g/mol. The molecule has 4 nitrogen and oxygen atoms in total. The third kappa shape index (κ3) is 3.78. The van der Waals surface area contributed by atoms with Gasteiger partial charge in [-0.3, -0.25) is 0 Å². The number of ether oxygens (including phenoxy) is 2.